The van der Waals surface area contributed by atoms with Gasteiger partial charge < -0.3 is 5.32 Å². The first-order valence-electron chi connectivity index (χ1n) is 7.93. The van der Waals surface area contributed by atoms with E-state index >= 15 is 0 Å². The smallest absolute Gasteiger partial charge is 0.139 e. The van der Waals surface area contributed by atoms with Gasteiger partial charge in [0.15, 0.2) is 0 Å². The Balaban J connectivity index is 2.05. The molecular weight excluding hydrogens is 270 g/mol. The summed E-state index contributed by atoms with van der Waals surface area (Å²) in [6, 6.07) is 14.6. The van der Waals surface area contributed by atoms with Crippen LogP contribution in [0.2, 0.25) is 0 Å². The van der Waals surface area contributed by atoms with Gasteiger partial charge in [-0.15, -0.1) is 0 Å². The van der Waals surface area contributed by atoms with Gasteiger partial charge in [0.1, 0.15) is 17.2 Å². The fraction of sp³-hybridized carbons (Fsp3) is 0.316. The minimum atomic E-state index is 0.689. The number of rotatable bonds is 5. The maximum Gasteiger partial charge on any atom is 0.139 e. The summed E-state index contributed by atoms with van der Waals surface area (Å²) in [5, 5.41) is 3.59. The third-order valence-corrected chi connectivity index (χ3v) is 3.84. The van der Waals surface area contributed by atoms with Crippen molar-refractivity contribution in [3.05, 3.63) is 54.2 Å². The van der Waals surface area contributed by atoms with Crippen LogP contribution in [0.5, 0.6) is 0 Å². The van der Waals surface area contributed by atoms with Gasteiger partial charge in [-0.25, -0.2) is 4.98 Å². The van der Waals surface area contributed by atoms with Gasteiger partial charge in [0.25, 0.3) is 0 Å². The Hall–Kier alpha value is -2.29. The highest BCUT2D eigenvalue weighted by Crippen LogP contribution is 2.29. The normalized spacial score (nSPS) is 11.3. The lowest BCUT2D eigenvalue weighted by Gasteiger charge is -2.10. The van der Waals surface area contributed by atoms with Crippen LogP contribution >= 0.6 is 0 Å². The van der Waals surface area contributed by atoms with E-state index in [1.165, 1.54) is 5.56 Å². The molecule has 2 heterocycles. The third-order valence-electron chi connectivity index (χ3n) is 3.84. The summed E-state index contributed by atoms with van der Waals surface area (Å²) in [6.07, 6.45) is 3.25. The molecule has 0 aliphatic heterocycles. The summed E-state index contributed by atoms with van der Waals surface area (Å²) in [5.41, 5.74) is 4.39. The molecule has 0 radical (unpaired) electrons. The molecule has 3 rings (SSSR count). The summed E-state index contributed by atoms with van der Waals surface area (Å²) in [5.74, 6) is 1.77. The van der Waals surface area contributed by atoms with Crippen LogP contribution in [0.4, 0.5) is 5.82 Å². The molecule has 114 valence electrons. The van der Waals surface area contributed by atoms with Gasteiger partial charge in [-0.3, -0.25) is 4.40 Å². The SMILES string of the molecule is Cc1ccn2c(NCCC(C)C)c(-c3ccccc3)nc2c1. The minimum Gasteiger partial charge on any atom is -0.369 e. The van der Waals surface area contributed by atoms with Crippen molar-refractivity contribution in [1.82, 2.24) is 9.38 Å². The molecule has 0 saturated carbocycles. The number of fused-ring (bicyclic) bond motifs is 1. The first kappa shape index (κ1) is 14.6. The Kier molecular flexibility index (Phi) is 4.14. The number of aromatic nitrogens is 2. The molecule has 0 bridgehead atoms. The van der Waals surface area contributed by atoms with E-state index in [1.54, 1.807) is 0 Å². The van der Waals surface area contributed by atoms with E-state index in [2.05, 4.69) is 73.1 Å². The van der Waals surface area contributed by atoms with Crippen molar-refractivity contribution >= 4 is 11.5 Å². The van der Waals surface area contributed by atoms with Crippen molar-refractivity contribution < 1.29 is 0 Å². The molecule has 1 N–H and O–H groups in total. The summed E-state index contributed by atoms with van der Waals surface area (Å²) in [4.78, 5) is 4.84. The lowest BCUT2D eigenvalue weighted by Crippen LogP contribution is -2.07. The number of hydrogen-bond acceptors (Lipinski definition) is 2. The zero-order valence-corrected chi connectivity index (χ0v) is 13.5. The molecule has 0 amide bonds. The fourth-order valence-corrected chi connectivity index (χ4v) is 2.59. The molecule has 0 aliphatic carbocycles. The Morgan fingerprint density at radius 2 is 1.91 bits per heavy atom. The Morgan fingerprint density at radius 1 is 1.14 bits per heavy atom. The molecule has 2 aromatic heterocycles. The molecular formula is C19H23N3. The Bertz CT molecular complexity index is 757. The maximum atomic E-state index is 4.84. The predicted octanol–water partition coefficient (Wildman–Crippen LogP) is 4.77. The van der Waals surface area contributed by atoms with Crippen LogP contribution in [0.3, 0.4) is 0 Å². The molecule has 0 aliphatic rings. The first-order chi connectivity index (χ1) is 10.6. The molecule has 3 aromatic rings. The van der Waals surface area contributed by atoms with Crippen molar-refractivity contribution in [1.29, 1.82) is 0 Å². The van der Waals surface area contributed by atoms with Gasteiger partial charge in [0.2, 0.25) is 0 Å². The molecule has 3 nitrogen and oxygen atoms in total. The van der Waals surface area contributed by atoms with Crippen LogP contribution in [0.25, 0.3) is 16.9 Å². The summed E-state index contributed by atoms with van der Waals surface area (Å²) < 4.78 is 2.15. The Labute approximate surface area is 132 Å². The van der Waals surface area contributed by atoms with Crippen molar-refractivity contribution in [2.75, 3.05) is 11.9 Å². The van der Waals surface area contributed by atoms with Gasteiger partial charge in [-0.2, -0.15) is 0 Å². The molecule has 1 aromatic carbocycles. The number of nitrogens with one attached hydrogen (secondary N) is 1. The van der Waals surface area contributed by atoms with Crippen LogP contribution in [-0.4, -0.2) is 15.9 Å². The monoisotopic (exact) mass is 293 g/mol. The van der Waals surface area contributed by atoms with Crippen LogP contribution < -0.4 is 5.32 Å². The van der Waals surface area contributed by atoms with Crippen LogP contribution in [0.1, 0.15) is 25.8 Å². The third kappa shape index (κ3) is 2.98. The lowest BCUT2D eigenvalue weighted by atomic mass is 10.1. The number of imidazole rings is 1. The molecule has 0 fully saturated rings. The molecule has 3 heteroatoms. The summed E-state index contributed by atoms with van der Waals surface area (Å²) in [6.45, 7) is 7.55. The maximum absolute atomic E-state index is 4.84. The Morgan fingerprint density at radius 3 is 2.64 bits per heavy atom. The van der Waals surface area contributed by atoms with Gasteiger partial charge in [-0.05, 0) is 37.0 Å². The van der Waals surface area contributed by atoms with Crippen molar-refractivity contribution in [2.24, 2.45) is 5.92 Å². The highest BCUT2D eigenvalue weighted by Gasteiger charge is 2.13. The first-order valence-corrected chi connectivity index (χ1v) is 7.93. The van der Waals surface area contributed by atoms with E-state index in [-0.39, 0.29) is 0 Å². The van der Waals surface area contributed by atoms with E-state index in [0.29, 0.717) is 5.92 Å². The predicted molar refractivity (Wildman–Crippen MR) is 93.3 cm³/mol. The van der Waals surface area contributed by atoms with Crippen molar-refractivity contribution in [3.63, 3.8) is 0 Å². The number of anilines is 1. The van der Waals surface area contributed by atoms with Gasteiger partial charge in [0.05, 0.1) is 0 Å². The van der Waals surface area contributed by atoms with Gasteiger partial charge >= 0.3 is 0 Å². The second-order valence-corrected chi connectivity index (χ2v) is 6.22. The summed E-state index contributed by atoms with van der Waals surface area (Å²) in [7, 11) is 0. The summed E-state index contributed by atoms with van der Waals surface area (Å²) >= 11 is 0. The van der Waals surface area contributed by atoms with E-state index in [1.807, 2.05) is 6.07 Å². The number of pyridine rings is 1. The van der Waals surface area contributed by atoms with Gasteiger partial charge in [-0.1, -0.05) is 44.2 Å². The second-order valence-electron chi connectivity index (χ2n) is 6.22. The average Bonchev–Trinajstić information content (AvgIpc) is 2.86. The quantitative estimate of drug-likeness (QED) is 0.734. The number of aryl methyl sites for hydroxylation is 1. The highest BCUT2D eigenvalue weighted by atomic mass is 15.1. The van der Waals surface area contributed by atoms with E-state index in [9.17, 15) is 0 Å². The lowest BCUT2D eigenvalue weighted by molar-refractivity contribution is 0.606. The molecule has 0 spiro atoms. The zero-order valence-electron chi connectivity index (χ0n) is 13.5. The topological polar surface area (TPSA) is 29.3 Å². The van der Waals surface area contributed by atoms with Gasteiger partial charge in [0, 0.05) is 18.3 Å². The number of nitrogens with zero attached hydrogens (tertiary/aromatic N) is 2. The standard InChI is InChI=1S/C19H23N3/c1-14(2)9-11-20-19-18(16-7-5-4-6-8-16)21-17-13-15(3)10-12-22(17)19/h4-8,10,12-14,20H,9,11H2,1-3H3. The highest BCUT2D eigenvalue weighted by molar-refractivity contribution is 5.76. The molecule has 0 atom stereocenters. The van der Waals surface area contributed by atoms with Crippen molar-refractivity contribution in [3.8, 4) is 11.3 Å². The van der Waals surface area contributed by atoms with E-state index in [4.69, 9.17) is 4.98 Å². The second kappa shape index (κ2) is 6.22. The molecule has 0 saturated heterocycles. The fourth-order valence-electron chi connectivity index (χ4n) is 2.59. The average molecular weight is 293 g/mol. The van der Waals surface area contributed by atoms with Crippen molar-refractivity contribution in [2.45, 2.75) is 27.2 Å². The molecule has 22 heavy (non-hydrogen) atoms. The van der Waals surface area contributed by atoms with Crippen LogP contribution in [0, 0.1) is 12.8 Å². The number of benzene rings is 1. The minimum absolute atomic E-state index is 0.689. The number of hydrogen-bond donors (Lipinski definition) is 1. The van der Waals surface area contributed by atoms with E-state index < -0.39 is 0 Å². The van der Waals surface area contributed by atoms with Crippen LogP contribution in [-0.2, 0) is 0 Å². The van der Waals surface area contributed by atoms with E-state index in [0.717, 1.165) is 35.7 Å². The van der Waals surface area contributed by atoms with Crippen LogP contribution in [0.15, 0.2) is 48.7 Å². The zero-order chi connectivity index (χ0) is 15.5. The largest absolute Gasteiger partial charge is 0.369 e. The molecule has 0 unspecified atom stereocenters.